The Morgan fingerprint density at radius 2 is 1.62 bits per heavy atom. The van der Waals surface area contributed by atoms with Crippen molar-refractivity contribution in [2.75, 3.05) is 5.75 Å². The predicted molar refractivity (Wildman–Crippen MR) is 65.6 cm³/mol. The summed E-state index contributed by atoms with van der Waals surface area (Å²) < 4.78 is 0.515. The summed E-state index contributed by atoms with van der Waals surface area (Å²) in [5.74, 6) is 1.35. The van der Waals surface area contributed by atoms with Gasteiger partial charge in [-0.15, -0.1) is 0 Å². The maximum Gasteiger partial charge on any atom is 0.0103 e. The minimum atomic E-state index is 0.515. The average Bonchev–Trinajstić information content (AvgIpc) is 2.04. The van der Waals surface area contributed by atoms with Gasteiger partial charge < -0.3 is 0 Å². The third-order valence-electron chi connectivity index (χ3n) is 2.34. The lowest BCUT2D eigenvalue weighted by Crippen LogP contribution is -2.14. The van der Waals surface area contributed by atoms with E-state index >= 15 is 0 Å². The molecule has 0 N–H and O–H groups in total. The molecule has 0 bridgehead atoms. The number of thioether (sulfide) groups is 1. The van der Waals surface area contributed by atoms with Crippen molar-refractivity contribution < 1.29 is 0 Å². The van der Waals surface area contributed by atoms with Gasteiger partial charge in [-0.2, -0.15) is 11.8 Å². The molecule has 0 fully saturated rings. The molecule has 1 heteroatoms. The lowest BCUT2D eigenvalue weighted by molar-refractivity contribution is 0.624. The molecule has 0 rings (SSSR count). The summed E-state index contributed by atoms with van der Waals surface area (Å²) >= 11 is 2.15. The Balaban J connectivity index is 3.29. The number of rotatable bonds is 8. The average molecular weight is 202 g/mol. The van der Waals surface area contributed by atoms with Crippen LogP contribution in [0.4, 0.5) is 0 Å². The van der Waals surface area contributed by atoms with Crippen LogP contribution in [0.15, 0.2) is 0 Å². The van der Waals surface area contributed by atoms with E-state index in [0.717, 1.165) is 0 Å². The summed E-state index contributed by atoms with van der Waals surface area (Å²) in [7, 11) is 0. The Kier molecular flexibility index (Phi) is 7.93. The first-order valence-electron chi connectivity index (χ1n) is 5.76. The van der Waals surface area contributed by atoms with Crippen LogP contribution in [-0.2, 0) is 0 Å². The van der Waals surface area contributed by atoms with Gasteiger partial charge in [-0.25, -0.2) is 0 Å². The highest BCUT2D eigenvalue weighted by molar-refractivity contribution is 8.00. The first-order chi connectivity index (χ1) is 6.12. The molecule has 0 spiro atoms. The second-order valence-corrected chi connectivity index (χ2v) is 6.22. The Hall–Kier alpha value is 0.350. The van der Waals surface area contributed by atoms with Gasteiger partial charge in [0.05, 0.1) is 0 Å². The lowest BCUT2D eigenvalue weighted by Gasteiger charge is -2.23. The van der Waals surface area contributed by atoms with Crippen molar-refractivity contribution in [1.82, 2.24) is 0 Å². The molecule has 0 aliphatic carbocycles. The summed E-state index contributed by atoms with van der Waals surface area (Å²) in [4.78, 5) is 0. The zero-order valence-corrected chi connectivity index (χ0v) is 10.7. The third-order valence-corrected chi connectivity index (χ3v) is 3.82. The van der Waals surface area contributed by atoms with Gasteiger partial charge in [0.2, 0.25) is 0 Å². The van der Waals surface area contributed by atoms with Crippen molar-refractivity contribution in [3.63, 3.8) is 0 Å². The highest BCUT2D eigenvalue weighted by Crippen LogP contribution is 2.30. The molecule has 0 heterocycles. The highest BCUT2D eigenvalue weighted by Gasteiger charge is 2.15. The number of hydrogen-bond donors (Lipinski definition) is 0. The standard InChI is InChI=1S/C12H26S/c1-5-7-8-9-11-13-12(3,4)10-6-2/h5-11H2,1-4H3. The fraction of sp³-hybridized carbons (Fsp3) is 1.00. The van der Waals surface area contributed by atoms with Crippen molar-refractivity contribution in [2.24, 2.45) is 0 Å². The molecule has 0 aliphatic heterocycles. The maximum atomic E-state index is 2.38. The van der Waals surface area contributed by atoms with E-state index in [9.17, 15) is 0 Å². The minimum Gasteiger partial charge on any atom is -0.156 e. The van der Waals surface area contributed by atoms with E-state index in [1.54, 1.807) is 0 Å². The summed E-state index contributed by atoms with van der Waals surface area (Å²) in [5.41, 5.74) is 0. The molecular formula is C12H26S. The zero-order chi connectivity index (χ0) is 10.2. The number of hydrogen-bond acceptors (Lipinski definition) is 1. The molecule has 0 aromatic rings. The maximum absolute atomic E-state index is 2.38. The first-order valence-corrected chi connectivity index (χ1v) is 6.75. The highest BCUT2D eigenvalue weighted by atomic mass is 32.2. The quantitative estimate of drug-likeness (QED) is 0.506. The normalized spacial score (nSPS) is 12.0. The van der Waals surface area contributed by atoms with E-state index in [4.69, 9.17) is 0 Å². The van der Waals surface area contributed by atoms with Crippen LogP contribution in [-0.4, -0.2) is 10.5 Å². The monoisotopic (exact) mass is 202 g/mol. The van der Waals surface area contributed by atoms with E-state index < -0.39 is 0 Å². The largest absolute Gasteiger partial charge is 0.156 e. The van der Waals surface area contributed by atoms with Crippen LogP contribution < -0.4 is 0 Å². The molecule has 80 valence electrons. The van der Waals surface area contributed by atoms with Crippen LogP contribution >= 0.6 is 11.8 Å². The predicted octanol–water partition coefficient (Wildman–Crippen LogP) is 4.88. The molecule has 0 amide bonds. The van der Waals surface area contributed by atoms with E-state index in [1.807, 2.05) is 0 Å². The van der Waals surface area contributed by atoms with Crippen LogP contribution in [0.25, 0.3) is 0 Å². The molecule has 0 unspecified atom stereocenters. The molecule has 0 aromatic heterocycles. The van der Waals surface area contributed by atoms with Gasteiger partial charge in [-0.05, 0) is 18.6 Å². The van der Waals surface area contributed by atoms with Gasteiger partial charge in [0, 0.05) is 4.75 Å². The minimum absolute atomic E-state index is 0.515. The lowest BCUT2D eigenvalue weighted by atomic mass is 10.1. The topological polar surface area (TPSA) is 0 Å². The van der Waals surface area contributed by atoms with Crippen molar-refractivity contribution in [3.8, 4) is 0 Å². The Morgan fingerprint density at radius 3 is 2.15 bits per heavy atom. The first kappa shape index (κ1) is 13.4. The summed E-state index contributed by atoms with van der Waals surface area (Å²) in [6, 6.07) is 0. The summed E-state index contributed by atoms with van der Waals surface area (Å²) in [6.45, 7) is 9.30. The van der Waals surface area contributed by atoms with E-state index in [1.165, 1.54) is 44.3 Å². The van der Waals surface area contributed by atoms with Crippen molar-refractivity contribution in [1.29, 1.82) is 0 Å². The van der Waals surface area contributed by atoms with Gasteiger partial charge in [0.15, 0.2) is 0 Å². The smallest absolute Gasteiger partial charge is 0.0103 e. The SMILES string of the molecule is CCCCCCSC(C)(C)CCC. The van der Waals surface area contributed by atoms with Gasteiger partial charge in [-0.3, -0.25) is 0 Å². The van der Waals surface area contributed by atoms with Gasteiger partial charge in [0.25, 0.3) is 0 Å². The third kappa shape index (κ3) is 8.67. The van der Waals surface area contributed by atoms with E-state index in [0.29, 0.717) is 4.75 Å². The molecule has 0 atom stereocenters. The fourth-order valence-electron chi connectivity index (χ4n) is 1.55. The molecule has 0 aromatic carbocycles. The fourth-order valence-corrected chi connectivity index (χ4v) is 2.80. The Labute approximate surface area is 88.9 Å². The van der Waals surface area contributed by atoms with Crippen molar-refractivity contribution >= 4 is 11.8 Å². The zero-order valence-electron chi connectivity index (χ0n) is 9.86. The molecule has 13 heavy (non-hydrogen) atoms. The number of unbranched alkanes of at least 4 members (excludes halogenated alkanes) is 3. The van der Waals surface area contributed by atoms with Gasteiger partial charge >= 0.3 is 0 Å². The second kappa shape index (κ2) is 7.73. The Bertz CT molecular complexity index is 108. The van der Waals surface area contributed by atoms with E-state index in [-0.39, 0.29) is 0 Å². The van der Waals surface area contributed by atoms with Crippen LogP contribution in [0, 0.1) is 0 Å². The summed E-state index contributed by atoms with van der Waals surface area (Å²) in [5, 5.41) is 0. The van der Waals surface area contributed by atoms with E-state index in [2.05, 4.69) is 39.5 Å². The van der Waals surface area contributed by atoms with Crippen LogP contribution in [0.3, 0.4) is 0 Å². The molecule has 0 saturated heterocycles. The van der Waals surface area contributed by atoms with Gasteiger partial charge in [-0.1, -0.05) is 53.4 Å². The Morgan fingerprint density at radius 1 is 0.923 bits per heavy atom. The molecule has 0 saturated carbocycles. The van der Waals surface area contributed by atoms with Crippen molar-refractivity contribution in [3.05, 3.63) is 0 Å². The van der Waals surface area contributed by atoms with Gasteiger partial charge in [0.1, 0.15) is 0 Å². The van der Waals surface area contributed by atoms with Crippen LogP contribution in [0.2, 0.25) is 0 Å². The molecule has 0 radical (unpaired) electrons. The van der Waals surface area contributed by atoms with Crippen LogP contribution in [0.5, 0.6) is 0 Å². The molecular weight excluding hydrogens is 176 g/mol. The molecule has 0 aliphatic rings. The van der Waals surface area contributed by atoms with Crippen LogP contribution in [0.1, 0.15) is 66.2 Å². The van der Waals surface area contributed by atoms with Crippen molar-refractivity contribution in [2.45, 2.75) is 71.0 Å². The summed E-state index contributed by atoms with van der Waals surface area (Å²) in [6.07, 6.45) is 8.26. The second-order valence-electron chi connectivity index (χ2n) is 4.42. The molecule has 0 nitrogen and oxygen atoms in total.